The molecular weight excluding hydrogens is 322 g/mol. The van der Waals surface area contributed by atoms with Crippen molar-refractivity contribution in [2.45, 2.75) is 31.4 Å². The molecule has 130 valence electrons. The van der Waals surface area contributed by atoms with Gasteiger partial charge in [0.25, 0.3) is 0 Å². The SMILES string of the molecule is CN1C[C@H](O)CC1COc1ccccc1CCc1ccccc1.Cl. The number of likely N-dealkylation sites (N-methyl/N-ethyl adjacent to an activating group) is 1. The Morgan fingerprint density at radius 1 is 1.04 bits per heavy atom. The molecule has 0 bridgehead atoms. The molecule has 0 radical (unpaired) electrons. The number of ether oxygens (including phenoxy) is 1. The van der Waals surface area contributed by atoms with Crippen molar-refractivity contribution in [2.75, 3.05) is 20.2 Å². The molecule has 2 aromatic carbocycles. The maximum Gasteiger partial charge on any atom is 0.122 e. The van der Waals surface area contributed by atoms with Crippen LogP contribution < -0.4 is 4.74 Å². The van der Waals surface area contributed by atoms with Crippen molar-refractivity contribution in [1.82, 2.24) is 4.90 Å². The fraction of sp³-hybridized carbons (Fsp3) is 0.400. The van der Waals surface area contributed by atoms with Gasteiger partial charge in [0.15, 0.2) is 0 Å². The lowest BCUT2D eigenvalue weighted by atomic mass is 10.0. The number of rotatable bonds is 6. The van der Waals surface area contributed by atoms with Gasteiger partial charge in [-0.15, -0.1) is 12.4 Å². The molecule has 0 aromatic heterocycles. The molecule has 3 nitrogen and oxygen atoms in total. The highest BCUT2D eigenvalue weighted by atomic mass is 35.5. The van der Waals surface area contributed by atoms with Gasteiger partial charge in [0.05, 0.1) is 6.10 Å². The molecule has 1 aliphatic heterocycles. The second-order valence-electron chi connectivity index (χ2n) is 6.39. The molecule has 1 saturated heterocycles. The van der Waals surface area contributed by atoms with E-state index in [2.05, 4.69) is 41.3 Å². The van der Waals surface area contributed by atoms with Crippen LogP contribution in [0.5, 0.6) is 5.75 Å². The van der Waals surface area contributed by atoms with E-state index in [0.29, 0.717) is 12.6 Å². The van der Waals surface area contributed by atoms with Gasteiger partial charge in [-0.05, 0) is 43.5 Å². The van der Waals surface area contributed by atoms with Gasteiger partial charge >= 0.3 is 0 Å². The first-order valence-electron chi connectivity index (χ1n) is 8.35. The Morgan fingerprint density at radius 3 is 2.46 bits per heavy atom. The van der Waals surface area contributed by atoms with Crippen molar-refractivity contribution < 1.29 is 9.84 Å². The van der Waals surface area contributed by atoms with E-state index in [1.165, 1.54) is 11.1 Å². The van der Waals surface area contributed by atoms with Crippen LogP contribution in [-0.2, 0) is 12.8 Å². The number of nitrogens with zero attached hydrogens (tertiary/aromatic N) is 1. The van der Waals surface area contributed by atoms with Crippen molar-refractivity contribution in [1.29, 1.82) is 0 Å². The normalized spacial score (nSPS) is 20.6. The maximum absolute atomic E-state index is 9.73. The van der Waals surface area contributed by atoms with Crippen LogP contribution in [0.25, 0.3) is 0 Å². The van der Waals surface area contributed by atoms with Gasteiger partial charge in [-0.1, -0.05) is 48.5 Å². The zero-order chi connectivity index (χ0) is 16.1. The van der Waals surface area contributed by atoms with E-state index in [-0.39, 0.29) is 18.5 Å². The first-order valence-corrected chi connectivity index (χ1v) is 8.35. The molecule has 3 rings (SSSR count). The number of hydrogen-bond acceptors (Lipinski definition) is 3. The van der Waals surface area contributed by atoms with Crippen molar-refractivity contribution in [3.63, 3.8) is 0 Å². The Bertz CT molecular complexity index is 620. The van der Waals surface area contributed by atoms with Gasteiger partial charge in [-0.2, -0.15) is 0 Å². The Labute approximate surface area is 150 Å². The maximum atomic E-state index is 9.73. The van der Waals surface area contributed by atoms with E-state index in [0.717, 1.165) is 31.6 Å². The molecule has 2 aromatic rings. The van der Waals surface area contributed by atoms with Gasteiger partial charge in [0, 0.05) is 12.6 Å². The van der Waals surface area contributed by atoms with Crippen LogP contribution in [0.15, 0.2) is 54.6 Å². The molecule has 0 amide bonds. The lowest BCUT2D eigenvalue weighted by Crippen LogP contribution is -2.30. The van der Waals surface area contributed by atoms with Crippen molar-refractivity contribution in [3.05, 3.63) is 65.7 Å². The predicted molar refractivity (Wildman–Crippen MR) is 100 cm³/mol. The van der Waals surface area contributed by atoms with Crippen LogP contribution in [0, 0.1) is 0 Å². The van der Waals surface area contributed by atoms with Crippen LogP contribution in [0.3, 0.4) is 0 Å². The van der Waals surface area contributed by atoms with E-state index >= 15 is 0 Å². The molecule has 0 spiro atoms. The smallest absolute Gasteiger partial charge is 0.122 e. The molecule has 1 heterocycles. The van der Waals surface area contributed by atoms with Crippen LogP contribution >= 0.6 is 12.4 Å². The Morgan fingerprint density at radius 2 is 1.75 bits per heavy atom. The third-order valence-corrected chi connectivity index (χ3v) is 4.60. The third kappa shape index (κ3) is 4.97. The minimum atomic E-state index is -0.220. The number of hydrogen-bond donors (Lipinski definition) is 1. The van der Waals surface area contributed by atoms with Gasteiger partial charge in [-0.3, -0.25) is 4.90 Å². The molecule has 1 unspecified atom stereocenters. The Hall–Kier alpha value is -1.55. The number of halogens is 1. The second kappa shape index (κ2) is 9.07. The average molecular weight is 348 g/mol. The molecule has 2 atom stereocenters. The lowest BCUT2D eigenvalue weighted by molar-refractivity contribution is 0.182. The summed E-state index contributed by atoms with van der Waals surface area (Å²) in [5.74, 6) is 0.971. The highest BCUT2D eigenvalue weighted by Gasteiger charge is 2.28. The average Bonchev–Trinajstić information content (AvgIpc) is 2.90. The number of likely N-dealkylation sites (tertiary alicyclic amines) is 1. The van der Waals surface area contributed by atoms with Gasteiger partial charge in [0.1, 0.15) is 12.4 Å². The second-order valence-corrected chi connectivity index (χ2v) is 6.39. The molecule has 0 saturated carbocycles. The van der Waals surface area contributed by atoms with E-state index in [1.54, 1.807) is 0 Å². The quantitative estimate of drug-likeness (QED) is 0.870. The first kappa shape index (κ1) is 18.8. The summed E-state index contributed by atoms with van der Waals surface area (Å²) < 4.78 is 6.08. The summed E-state index contributed by atoms with van der Waals surface area (Å²) >= 11 is 0. The summed E-state index contributed by atoms with van der Waals surface area (Å²) in [5.41, 5.74) is 2.60. The van der Waals surface area contributed by atoms with E-state index < -0.39 is 0 Å². The number of para-hydroxylation sites is 1. The monoisotopic (exact) mass is 347 g/mol. The van der Waals surface area contributed by atoms with Crippen LogP contribution in [0.2, 0.25) is 0 Å². The number of aliphatic hydroxyl groups is 1. The van der Waals surface area contributed by atoms with Crippen molar-refractivity contribution in [3.8, 4) is 5.75 Å². The van der Waals surface area contributed by atoms with Gasteiger partial charge in [-0.25, -0.2) is 0 Å². The minimum Gasteiger partial charge on any atom is -0.492 e. The van der Waals surface area contributed by atoms with Crippen molar-refractivity contribution in [2.24, 2.45) is 0 Å². The topological polar surface area (TPSA) is 32.7 Å². The minimum absolute atomic E-state index is 0. The largest absolute Gasteiger partial charge is 0.492 e. The highest BCUT2D eigenvalue weighted by molar-refractivity contribution is 5.85. The molecular formula is C20H26ClNO2. The summed E-state index contributed by atoms with van der Waals surface area (Å²) in [6.45, 7) is 1.37. The fourth-order valence-corrected chi connectivity index (χ4v) is 3.21. The van der Waals surface area contributed by atoms with Crippen LogP contribution in [-0.4, -0.2) is 42.4 Å². The standard InChI is InChI=1S/C20H25NO2.ClH/c1-21-14-19(22)13-18(21)15-23-20-10-6-5-9-17(20)12-11-16-7-3-2-4-8-16;/h2-10,18-19,22H,11-15H2,1H3;1H/t18?,19-;/m1./s1. The number of aryl methyl sites for hydroxylation is 2. The number of aliphatic hydroxyl groups excluding tert-OH is 1. The zero-order valence-corrected chi connectivity index (χ0v) is 14.9. The summed E-state index contributed by atoms with van der Waals surface area (Å²) in [4.78, 5) is 2.18. The predicted octanol–water partition coefficient (Wildman–Crippen LogP) is 3.34. The van der Waals surface area contributed by atoms with Gasteiger partial charge in [0.2, 0.25) is 0 Å². The fourth-order valence-electron chi connectivity index (χ4n) is 3.21. The molecule has 1 aliphatic rings. The van der Waals surface area contributed by atoms with E-state index in [9.17, 15) is 5.11 Å². The van der Waals surface area contributed by atoms with Crippen LogP contribution in [0.4, 0.5) is 0 Å². The summed E-state index contributed by atoms with van der Waals surface area (Å²) in [6.07, 6.45) is 2.57. The molecule has 4 heteroatoms. The lowest BCUT2D eigenvalue weighted by Gasteiger charge is -2.20. The molecule has 24 heavy (non-hydrogen) atoms. The third-order valence-electron chi connectivity index (χ3n) is 4.60. The molecule has 1 fully saturated rings. The zero-order valence-electron chi connectivity index (χ0n) is 14.1. The summed E-state index contributed by atoms with van der Waals surface area (Å²) in [7, 11) is 2.05. The summed E-state index contributed by atoms with van der Waals surface area (Å²) in [6, 6.07) is 19.1. The van der Waals surface area contributed by atoms with Gasteiger partial charge < -0.3 is 9.84 Å². The highest BCUT2D eigenvalue weighted by Crippen LogP contribution is 2.22. The van der Waals surface area contributed by atoms with Crippen LogP contribution in [0.1, 0.15) is 17.5 Å². The first-order chi connectivity index (χ1) is 11.2. The molecule has 1 N–H and O–H groups in total. The summed E-state index contributed by atoms with van der Waals surface area (Å²) in [5, 5.41) is 9.73. The number of β-amino-alcohol motifs (C(OH)–C–C–N with tert-alkyl or cyclic N) is 1. The van der Waals surface area contributed by atoms with E-state index in [1.807, 2.05) is 25.2 Å². The Balaban J connectivity index is 0.00000208. The Kier molecular flexibility index (Phi) is 7.10. The van der Waals surface area contributed by atoms with Crippen molar-refractivity contribution >= 4 is 12.4 Å². The number of benzene rings is 2. The molecule has 0 aliphatic carbocycles. The van der Waals surface area contributed by atoms with E-state index in [4.69, 9.17) is 4.74 Å².